The van der Waals surface area contributed by atoms with Crippen molar-refractivity contribution in [1.29, 1.82) is 0 Å². The van der Waals surface area contributed by atoms with Crippen molar-refractivity contribution in [1.82, 2.24) is 5.32 Å². The van der Waals surface area contributed by atoms with E-state index in [1.54, 1.807) is 12.1 Å². The molecule has 1 aromatic carbocycles. The fourth-order valence-corrected chi connectivity index (χ4v) is 2.82. The van der Waals surface area contributed by atoms with Crippen molar-refractivity contribution in [2.45, 2.75) is 31.7 Å². The summed E-state index contributed by atoms with van der Waals surface area (Å²) < 4.78 is 10.7. The van der Waals surface area contributed by atoms with Crippen LogP contribution in [0, 0.1) is 0 Å². The molecule has 5 heteroatoms. The van der Waals surface area contributed by atoms with Gasteiger partial charge < -0.3 is 14.5 Å². The first-order valence-corrected chi connectivity index (χ1v) is 7.74. The number of ether oxygens (including phenoxy) is 1. The van der Waals surface area contributed by atoms with Crippen LogP contribution >= 0.6 is 0 Å². The Morgan fingerprint density at radius 3 is 2.87 bits per heavy atom. The fourth-order valence-electron chi connectivity index (χ4n) is 2.82. The first-order chi connectivity index (χ1) is 11.1. The van der Waals surface area contributed by atoms with Gasteiger partial charge in [-0.25, -0.2) is 0 Å². The summed E-state index contributed by atoms with van der Waals surface area (Å²) in [6.45, 7) is 2.35. The third kappa shape index (κ3) is 3.44. The summed E-state index contributed by atoms with van der Waals surface area (Å²) in [5.74, 6) is 0.664. The van der Waals surface area contributed by atoms with E-state index in [-0.39, 0.29) is 30.1 Å². The first kappa shape index (κ1) is 15.3. The van der Waals surface area contributed by atoms with E-state index in [4.69, 9.17) is 9.15 Å². The second-order valence-electron chi connectivity index (χ2n) is 5.74. The highest BCUT2D eigenvalue weighted by molar-refractivity contribution is 5.94. The molecule has 1 aliphatic heterocycles. The van der Waals surface area contributed by atoms with Crippen LogP contribution in [0.3, 0.4) is 0 Å². The van der Waals surface area contributed by atoms with Gasteiger partial charge in [0.2, 0.25) is 5.91 Å². The van der Waals surface area contributed by atoms with Gasteiger partial charge in [-0.15, -0.1) is 0 Å². The maximum absolute atomic E-state index is 12.5. The number of hydrogen-bond acceptors (Lipinski definition) is 4. The fraction of sp³-hybridized carbons (Fsp3) is 0.333. The number of ketones is 1. The molecule has 2 atom stereocenters. The Kier molecular flexibility index (Phi) is 4.46. The molecular weight excluding hydrogens is 294 g/mol. The molecule has 0 bridgehead atoms. The Morgan fingerprint density at radius 1 is 1.26 bits per heavy atom. The summed E-state index contributed by atoms with van der Waals surface area (Å²) in [5.41, 5.74) is 0.904. The largest absolute Gasteiger partial charge is 0.493 e. The lowest BCUT2D eigenvalue weighted by Gasteiger charge is -2.26. The SMILES string of the molecule is C[C@@H](CC(=O)c1ccco1)NC(=O)[C@H]1CCOc2ccccc21. The van der Waals surface area contributed by atoms with Crippen molar-refractivity contribution in [2.75, 3.05) is 6.61 Å². The van der Waals surface area contributed by atoms with Gasteiger partial charge in [-0.3, -0.25) is 9.59 Å². The topological polar surface area (TPSA) is 68.5 Å². The second kappa shape index (κ2) is 6.69. The maximum atomic E-state index is 12.5. The molecule has 0 fully saturated rings. The summed E-state index contributed by atoms with van der Waals surface area (Å²) in [6.07, 6.45) is 2.32. The van der Waals surface area contributed by atoms with E-state index in [0.29, 0.717) is 18.8 Å². The molecule has 23 heavy (non-hydrogen) atoms. The molecule has 0 radical (unpaired) electrons. The molecule has 1 amide bonds. The van der Waals surface area contributed by atoms with Crippen LogP contribution in [-0.2, 0) is 4.79 Å². The average molecular weight is 313 g/mol. The molecule has 1 aromatic heterocycles. The summed E-state index contributed by atoms with van der Waals surface area (Å²) in [7, 11) is 0. The minimum absolute atomic E-state index is 0.0690. The molecule has 5 nitrogen and oxygen atoms in total. The van der Waals surface area contributed by atoms with E-state index in [1.807, 2.05) is 31.2 Å². The van der Waals surface area contributed by atoms with E-state index in [0.717, 1.165) is 11.3 Å². The standard InChI is InChI=1S/C18H19NO4/c1-12(11-15(20)17-7-4-9-22-17)19-18(21)14-8-10-23-16-6-3-2-5-13(14)16/h2-7,9,12,14H,8,10-11H2,1H3,(H,19,21)/t12-,14-/m0/s1. The van der Waals surface area contributed by atoms with Gasteiger partial charge >= 0.3 is 0 Å². The lowest BCUT2D eigenvalue weighted by Crippen LogP contribution is -2.39. The minimum atomic E-state index is -0.255. The van der Waals surface area contributed by atoms with Crippen molar-refractivity contribution >= 4 is 11.7 Å². The predicted molar refractivity (Wildman–Crippen MR) is 84.6 cm³/mol. The number of carbonyl (C=O) groups is 2. The smallest absolute Gasteiger partial charge is 0.228 e. The summed E-state index contributed by atoms with van der Waals surface area (Å²) in [5, 5.41) is 2.93. The lowest BCUT2D eigenvalue weighted by atomic mass is 9.92. The van der Waals surface area contributed by atoms with Crippen molar-refractivity contribution in [3.8, 4) is 5.75 Å². The number of nitrogens with one attached hydrogen (secondary N) is 1. The summed E-state index contributed by atoms with van der Waals surface area (Å²) in [6, 6.07) is 10.6. The monoisotopic (exact) mass is 313 g/mol. The molecule has 1 N–H and O–H groups in total. The number of furan rings is 1. The zero-order valence-electron chi connectivity index (χ0n) is 13.0. The van der Waals surface area contributed by atoms with Crippen LogP contribution in [0.5, 0.6) is 5.75 Å². The van der Waals surface area contributed by atoms with Gasteiger partial charge in [-0.05, 0) is 31.5 Å². The van der Waals surface area contributed by atoms with Crippen LogP contribution in [0.4, 0.5) is 0 Å². The van der Waals surface area contributed by atoms with Crippen molar-refractivity contribution in [3.05, 3.63) is 54.0 Å². The molecule has 0 aliphatic carbocycles. The highest BCUT2D eigenvalue weighted by atomic mass is 16.5. The Bertz CT molecular complexity index is 693. The van der Waals surface area contributed by atoms with E-state index in [2.05, 4.69) is 5.32 Å². The lowest BCUT2D eigenvalue weighted by molar-refractivity contribution is -0.123. The van der Waals surface area contributed by atoms with Gasteiger partial charge in [0.05, 0.1) is 18.8 Å². The highest BCUT2D eigenvalue weighted by Crippen LogP contribution is 2.33. The Hall–Kier alpha value is -2.56. The molecule has 120 valence electrons. The number of Topliss-reactive ketones (excluding diaryl/α,β-unsaturated/α-hetero) is 1. The van der Waals surface area contributed by atoms with Gasteiger partial charge in [-0.1, -0.05) is 18.2 Å². The molecule has 0 saturated heterocycles. The van der Waals surface area contributed by atoms with E-state index in [1.165, 1.54) is 6.26 Å². The van der Waals surface area contributed by atoms with Gasteiger partial charge in [0.25, 0.3) is 0 Å². The molecule has 0 unspecified atom stereocenters. The van der Waals surface area contributed by atoms with Crippen LogP contribution in [0.2, 0.25) is 0 Å². The number of fused-ring (bicyclic) bond motifs is 1. The third-order valence-electron chi connectivity index (χ3n) is 3.95. The predicted octanol–water partition coefficient (Wildman–Crippen LogP) is 2.92. The Balaban J connectivity index is 1.62. The van der Waals surface area contributed by atoms with Crippen LogP contribution < -0.4 is 10.1 Å². The van der Waals surface area contributed by atoms with Crippen LogP contribution in [-0.4, -0.2) is 24.3 Å². The third-order valence-corrected chi connectivity index (χ3v) is 3.95. The zero-order chi connectivity index (χ0) is 16.2. The quantitative estimate of drug-likeness (QED) is 0.862. The van der Waals surface area contributed by atoms with Gasteiger partial charge in [-0.2, -0.15) is 0 Å². The molecule has 2 heterocycles. The number of hydrogen-bond donors (Lipinski definition) is 1. The molecular formula is C18H19NO4. The van der Waals surface area contributed by atoms with E-state index >= 15 is 0 Å². The van der Waals surface area contributed by atoms with Crippen molar-refractivity contribution in [3.63, 3.8) is 0 Å². The van der Waals surface area contributed by atoms with Crippen LogP contribution in [0.15, 0.2) is 47.1 Å². The normalized spacial score (nSPS) is 17.7. The number of carbonyl (C=O) groups excluding carboxylic acids is 2. The average Bonchev–Trinajstić information content (AvgIpc) is 3.08. The zero-order valence-corrected chi connectivity index (χ0v) is 13.0. The molecule has 3 rings (SSSR count). The maximum Gasteiger partial charge on any atom is 0.228 e. The minimum Gasteiger partial charge on any atom is -0.493 e. The number of amides is 1. The number of benzene rings is 1. The molecule has 2 aromatic rings. The van der Waals surface area contributed by atoms with Crippen molar-refractivity contribution < 1.29 is 18.7 Å². The summed E-state index contributed by atoms with van der Waals surface area (Å²) in [4.78, 5) is 24.5. The Labute approximate surface area is 134 Å². The van der Waals surface area contributed by atoms with Gasteiger partial charge in [0.1, 0.15) is 5.75 Å². The van der Waals surface area contributed by atoms with Crippen molar-refractivity contribution in [2.24, 2.45) is 0 Å². The summed E-state index contributed by atoms with van der Waals surface area (Å²) >= 11 is 0. The number of rotatable bonds is 5. The second-order valence-corrected chi connectivity index (χ2v) is 5.74. The number of para-hydroxylation sites is 1. The van der Waals surface area contributed by atoms with Gasteiger partial charge in [0.15, 0.2) is 11.5 Å². The van der Waals surface area contributed by atoms with E-state index in [9.17, 15) is 9.59 Å². The molecule has 0 spiro atoms. The van der Waals surface area contributed by atoms with E-state index < -0.39 is 0 Å². The molecule has 0 saturated carbocycles. The van der Waals surface area contributed by atoms with Gasteiger partial charge in [0, 0.05) is 18.0 Å². The highest BCUT2D eigenvalue weighted by Gasteiger charge is 2.28. The van der Waals surface area contributed by atoms with Crippen LogP contribution in [0.1, 0.15) is 41.8 Å². The Morgan fingerprint density at radius 2 is 2.09 bits per heavy atom. The van der Waals surface area contributed by atoms with Crippen LogP contribution in [0.25, 0.3) is 0 Å². The molecule has 1 aliphatic rings. The first-order valence-electron chi connectivity index (χ1n) is 7.74.